The highest BCUT2D eigenvalue weighted by Gasteiger charge is 2.29. The number of phenols is 2. The van der Waals surface area contributed by atoms with Gasteiger partial charge in [0.1, 0.15) is 35.4 Å². The molecule has 2 saturated carbocycles. The number of esters is 1. The van der Waals surface area contributed by atoms with E-state index in [1.807, 2.05) is 57.2 Å². The first kappa shape index (κ1) is 137. The van der Waals surface area contributed by atoms with Gasteiger partial charge in [0.2, 0.25) is 0 Å². The first-order chi connectivity index (χ1) is 55.1. The van der Waals surface area contributed by atoms with Gasteiger partial charge in [-0.3, -0.25) is 4.79 Å². The lowest BCUT2D eigenvalue weighted by Gasteiger charge is -2.26. The van der Waals surface area contributed by atoms with E-state index in [4.69, 9.17) is 38.6 Å². The number of hydrogen-bond acceptors (Lipinski definition) is 12. The molecule has 8 aromatic carbocycles. The van der Waals surface area contributed by atoms with Crippen LogP contribution in [-0.4, -0.2) is 73.4 Å². The number of hydrogen-bond donors (Lipinski definition) is 2. The highest BCUT2D eigenvalue weighted by atomic mass is 32.2. The topological polar surface area (TPSA) is 170 Å². The molecular formula is C113H188O12S2. The molecule has 0 aromatic heterocycles. The van der Waals surface area contributed by atoms with Crippen molar-refractivity contribution in [1.82, 2.24) is 0 Å². The largest absolute Gasteiger partial charge is 0.748 e. The number of aromatic hydroxyl groups is 2. The molecule has 2 aliphatic rings. The van der Waals surface area contributed by atoms with Crippen molar-refractivity contribution in [2.45, 2.75) is 365 Å². The van der Waals surface area contributed by atoms with Crippen LogP contribution in [0, 0.1) is 11.3 Å². The van der Waals surface area contributed by atoms with E-state index in [1.165, 1.54) is 120 Å². The summed E-state index contributed by atoms with van der Waals surface area (Å²) >= 11 is 0. The molecule has 8 aromatic rings. The molecule has 127 heavy (non-hydrogen) atoms. The first-order valence-corrected chi connectivity index (χ1v) is 45.1. The molecule has 0 amide bonds. The third kappa shape index (κ3) is 56.6. The van der Waals surface area contributed by atoms with Gasteiger partial charge in [-0.1, -0.05) is 362 Å². The van der Waals surface area contributed by atoms with E-state index in [2.05, 4.69) is 252 Å². The molecule has 0 radical (unpaired) electrons. The summed E-state index contributed by atoms with van der Waals surface area (Å²) in [6, 6.07) is 74.6. The molecule has 2 fully saturated rings. The van der Waals surface area contributed by atoms with Crippen LogP contribution < -0.4 is 9.47 Å². The Morgan fingerprint density at radius 2 is 0.819 bits per heavy atom. The number of phenolic OH excluding ortho intramolecular Hbond substituents is 2. The van der Waals surface area contributed by atoms with Gasteiger partial charge < -0.3 is 43.2 Å². The van der Waals surface area contributed by atoms with Gasteiger partial charge in [0, 0.05) is 5.75 Å². The molecule has 7 unspecified atom stereocenters. The summed E-state index contributed by atoms with van der Waals surface area (Å²) in [7, 11) is -4.22. The molecule has 0 bridgehead atoms. The smallest absolute Gasteiger partial charge is 0.311 e. The van der Waals surface area contributed by atoms with Crippen molar-refractivity contribution in [2.75, 3.05) is 25.6 Å². The molecule has 7 atom stereocenters. The Kier molecular flexibility index (Phi) is 83.4. The van der Waals surface area contributed by atoms with E-state index in [9.17, 15) is 17.8 Å². The van der Waals surface area contributed by atoms with Crippen LogP contribution in [0.4, 0.5) is 0 Å². The maximum Gasteiger partial charge on any atom is 0.311 e. The summed E-state index contributed by atoms with van der Waals surface area (Å²) in [4.78, 5) is 15.5. The molecule has 0 heterocycles. The minimum absolute atomic E-state index is 0. The van der Waals surface area contributed by atoms with Crippen LogP contribution in [0.3, 0.4) is 0 Å². The zero-order valence-electron chi connectivity index (χ0n) is 72.2. The van der Waals surface area contributed by atoms with Gasteiger partial charge in [-0.05, 0) is 253 Å². The van der Waals surface area contributed by atoms with Gasteiger partial charge in [0.15, 0.2) is 27.3 Å². The van der Waals surface area contributed by atoms with E-state index in [1.54, 1.807) is 38.1 Å². The van der Waals surface area contributed by atoms with Crippen LogP contribution >= 0.6 is 0 Å². The van der Waals surface area contributed by atoms with E-state index < -0.39 is 21.3 Å². The predicted molar refractivity (Wildman–Crippen MR) is 560 cm³/mol. The zero-order valence-corrected chi connectivity index (χ0v) is 73.8. The third-order valence-electron chi connectivity index (χ3n) is 21.3. The molecular weight excluding hydrogens is 1610 g/mol. The second-order valence-electron chi connectivity index (χ2n) is 30.7. The fourth-order valence-electron chi connectivity index (χ4n) is 12.3. The van der Waals surface area contributed by atoms with E-state index >= 15 is 0 Å². The van der Waals surface area contributed by atoms with Crippen LogP contribution in [0.25, 0.3) is 0 Å². The second kappa shape index (κ2) is 77.6. The average molecular weight is 1800 g/mol. The van der Waals surface area contributed by atoms with Crippen molar-refractivity contribution < 1.29 is 56.4 Å². The minimum atomic E-state index is -4.20. The Morgan fingerprint density at radius 3 is 1.19 bits per heavy atom. The monoisotopic (exact) mass is 1800 g/mol. The van der Waals surface area contributed by atoms with Crippen LogP contribution in [-0.2, 0) is 44.8 Å². The number of rotatable bonds is 33. The molecule has 0 spiro atoms. The highest BCUT2D eigenvalue weighted by Crippen LogP contribution is 2.35. The third-order valence-corrected chi connectivity index (χ3v) is 24.3. The Morgan fingerprint density at radius 1 is 0.457 bits per heavy atom. The number of benzene rings is 8. The molecule has 0 aliphatic heterocycles. The number of allylic oxidation sites excluding steroid dienone is 3. The molecule has 2 aliphatic carbocycles. The normalized spacial score (nSPS) is 13.3. The first-order valence-electron chi connectivity index (χ1n) is 42.3. The fourth-order valence-corrected chi connectivity index (χ4v) is 14.8. The Labute approximate surface area is 786 Å². The van der Waals surface area contributed by atoms with Gasteiger partial charge in [-0.25, -0.2) is 8.42 Å². The number of ether oxygens (including phenoxy) is 6. The van der Waals surface area contributed by atoms with Crippen LogP contribution in [0.1, 0.15) is 360 Å². The molecule has 12 nitrogen and oxygen atoms in total. The predicted octanol–water partition coefficient (Wildman–Crippen LogP) is 34.8. The second-order valence-corrected chi connectivity index (χ2v) is 34.3. The summed E-state index contributed by atoms with van der Waals surface area (Å²) < 4.78 is 64.5. The lowest BCUT2D eigenvalue weighted by molar-refractivity contribution is -0.154. The Bertz CT molecular complexity index is 3850. The number of carbonyl (C=O) groups is 1. The molecule has 10 rings (SSSR count). The molecule has 724 valence electrons. The lowest BCUT2D eigenvalue weighted by Crippen LogP contribution is -2.26. The van der Waals surface area contributed by atoms with E-state index in [-0.39, 0.29) is 132 Å². The molecule has 2 N–H and O–H groups in total. The van der Waals surface area contributed by atoms with Crippen molar-refractivity contribution in [3.63, 3.8) is 0 Å². The van der Waals surface area contributed by atoms with Gasteiger partial charge >= 0.3 is 5.97 Å². The summed E-state index contributed by atoms with van der Waals surface area (Å²) in [6.45, 7) is 40.1. The maximum absolute atomic E-state index is 11.4. The Hall–Kier alpha value is -8.37. The maximum atomic E-state index is 11.4. The summed E-state index contributed by atoms with van der Waals surface area (Å²) in [5.74, 6) is 5.88. The lowest BCUT2D eigenvalue weighted by atomic mass is 9.84. The van der Waals surface area contributed by atoms with E-state index in [0.29, 0.717) is 72.6 Å². The van der Waals surface area contributed by atoms with E-state index in [0.717, 1.165) is 42.3 Å². The summed E-state index contributed by atoms with van der Waals surface area (Å²) in [6.07, 6.45) is 23.1. The highest BCUT2D eigenvalue weighted by molar-refractivity contribution is 7.97. The van der Waals surface area contributed by atoms with Crippen LogP contribution in [0.15, 0.2) is 270 Å². The quantitative estimate of drug-likeness (QED) is 0.00760. The van der Waals surface area contributed by atoms with Crippen molar-refractivity contribution in [1.29, 1.82) is 0 Å². The van der Waals surface area contributed by atoms with Crippen molar-refractivity contribution in [3.05, 3.63) is 283 Å². The van der Waals surface area contributed by atoms with Gasteiger partial charge in [0.25, 0.3) is 0 Å². The van der Waals surface area contributed by atoms with Crippen LogP contribution in [0.2, 0.25) is 0 Å². The summed E-state index contributed by atoms with van der Waals surface area (Å²) in [5, 5.41) is 18.0. The minimum Gasteiger partial charge on any atom is -0.748 e. The molecule has 14 heteroatoms. The molecule has 0 saturated heterocycles. The SMILES string of the molecule is C.C.C.C.C.C.C.C.C.C.C.C.C=C(/C=C\C(=C)C(C)CC)OC(C)OCCOc1ccc(C2CCCCC2)cc1.CCC(C)(C)C(=O)OCCCS(=O)(=O)[O-].CCC(C)c1ccc(O)cc1.CCC(C)c1ccc(O)cc1.CCC(C)c1ccc(OC(C)OC2CCCCC2)cc1.CCC(C)c1ccccc1.c1ccc([S+](c2ccccc2)c2ccccc2)cc1. The Balaban J connectivity index is -0.000000185. The number of carbonyl (C=O) groups excluding carboxylic acids is 1. The van der Waals surface area contributed by atoms with Crippen molar-refractivity contribution in [3.8, 4) is 23.0 Å². The van der Waals surface area contributed by atoms with Gasteiger partial charge in [0.05, 0.1) is 45.7 Å². The van der Waals surface area contributed by atoms with Gasteiger partial charge in [-0.2, -0.15) is 0 Å². The van der Waals surface area contributed by atoms with Crippen LogP contribution in [0.5, 0.6) is 23.0 Å². The summed E-state index contributed by atoms with van der Waals surface area (Å²) in [5.41, 5.74) is 7.38. The van der Waals surface area contributed by atoms with Crippen molar-refractivity contribution in [2.24, 2.45) is 11.3 Å². The average Bonchev–Trinajstić information content (AvgIpc) is 0.820. The fraction of sp³-hybridized carbons (Fsp3) is 0.513. The van der Waals surface area contributed by atoms with Gasteiger partial charge in [-0.15, -0.1) is 0 Å². The van der Waals surface area contributed by atoms with Crippen molar-refractivity contribution >= 4 is 27.0 Å². The standard InChI is InChI=1S/C26H38O3.C18H28O2.C18H15S.2C10H14O.C10H14.C9H18O5S.12CH4/c1-6-20(2)21(3)12-13-22(4)29-23(5)27-18-19-28-26-16-14-25(15-17-26)24-10-8-7-9-11-24;1-4-14(2)16-10-12-18(13-11-16)20-15(3)19-17-8-6-5-7-9-17;1-4-10-16(11-5-1)19(17-12-6-2-7-13-17)18-14-8-3-9-15-18;2*1-3-8(2)9-4-6-10(11)7-5-9;1-3-9(2)10-7-5-4-6-8-10;1-4-9(2,3)8(10)14-6-5-7-15(11,12)13;;;;;;;;;;;;/h12-17,20,23-24H,3-4,6-11,18-19H2,1-2,5H3;10-15,17H,4-9H2,1-3H3;1-15H;2*4-8,11H,3H2,1-2H3;4-9H,3H2,1-2H3;4-7H2,1-3H3,(H,11,12,13);12*1H4/q;;+1;;;;;;;;;;;;;;;;/p-1/b13-12-;;;;;;;;;;;;;;;;;;. The zero-order chi connectivity index (χ0) is 84.4.